The van der Waals surface area contributed by atoms with Crippen molar-refractivity contribution in [3.05, 3.63) is 53.3 Å². The van der Waals surface area contributed by atoms with E-state index in [1.54, 1.807) is 23.5 Å². The van der Waals surface area contributed by atoms with E-state index in [0.717, 1.165) is 22.0 Å². The molecule has 2 heterocycles. The Morgan fingerprint density at radius 3 is 2.85 bits per heavy atom. The minimum atomic E-state index is 0.144. The van der Waals surface area contributed by atoms with Gasteiger partial charge >= 0.3 is 0 Å². The molecule has 0 saturated heterocycles. The largest absolute Gasteiger partial charge is 0.487 e. The van der Waals surface area contributed by atoms with E-state index in [1.165, 1.54) is 0 Å². The Kier molecular flexibility index (Phi) is 3.52. The molecule has 0 bridgehead atoms. The third kappa shape index (κ3) is 2.58. The number of nitrogens with zero attached hydrogens (tertiary/aromatic N) is 2. The molecule has 4 nitrogen and oxygen atoms in total. The second kappa shape index (κ2) is 5.46. The molecule has 20 heavy (non-hydrogen) atoms. The first-order valence-electron chi connectivity index (χ1n) is 6.43. The average molecular weight is 286 g/mol. The molecule has 102 valence electrons. The minimum absolute atomic E-state index is 0.144. The summed E-state index contributed by atoms with van der Waals surface area (Å²) >= 11 is 1.60. The monoisotopic (exact) mass is 286 g/mol. The van der Waals surface area contributed by atoms with Crippen LogP contribution in [-0.4, -0.2) is 15.2 Å². The quantitative estimate of drug-likeness (QED) is 0.673. The van der Waals surface area contributed by atoms with Gasteiger partial charge in [-0.2, -0.15) is 0 Å². The Morgan fingerprint density at radius 2 is 2.15 bits per heavy atom. The van der Waals surface area contributed by atoms with E-state index in [1.807, 2.05) is 41.2 Å². The van der Waals surface area contributed by atoms with Crippen LogP contribution in [0.3, 0.4) is 0 Å². The zero-order valence-electron chi connectivity index (χ0n) is 11.1. The summed E-state index contributed by atoms with van der Waals surface area (Å²) in [7, 11) is 0. The lowest BCUT2D eigenvalue weighted by atomic mass is 10.1. The van der Waals surface area contributed by atoms with Gasteiger partial charge in [0.2, 0.25) is 0 Å². The van der Waals surface area contributed by atoms with E-state index >= 15 is 0 Å². The van der Waals surface area contributed by atoms with Gasteiger partial charge in [0.25, 0.3) is 0 Å². The van der Waals surface area contributed by atoms with Crippen molar-refractivity contribution in [1.82, 2.24) is 9.38 Å². The highest BCUT2D eigenvalue weighted by molar-refractivity contribution is 7.15. The van der Waals surface area contributed by atoms with Crippen LogP contribution in [0, 0.1) is 0 Å². The van der Waals surface area contributed by atoms with Crippen molar-refractivity contribution in [2.75, 3.05) is 0 Å². The number of ether oxygens (including phenoxy) is 1. The molecular formula is C15H14N2O2S. The molecule has 0 fully saturated rings. The maximum absolute atomic E-state index is 11.5. The van der Waals surface area contributed by atoms with Crippen LogP contribution in [0.25, 0.3) is 4.96 Å². The summed E-state index contributed by atoms with van der Waals surface area (Å²) in [5.74, 6) is 0.889. The summed E-state index contributed by atoms with van der Waals surface area (Å²) in [6.45, 7) is 2.28. The van der Waals surface area contributed by atoms with Gasteiger partial charge in [0.05, 0.1) is 5.69 Å². The van der Waals surface area contributed by atoms with E-state index in [9.17, 15) is 4.79 Å². The molecule has 0 amide bonds. The lowest BCUT2D eigenvalue weighted by molar-refractivity contribution is 0.0988. The van der Waals surface area contributed by atoms with Crippen LogP contribution in [0.5, 0.6) is 5.75 Å². The fourth-order valence-corrected chi connectivity index (χ4v) is 2.66. The number of aromatic nitrogens is 2. The molecule has 0 radical (unpaired) electrons. The highest BCUT2D eigenvalue weighted by atomic mass is 32.1. The molecule has 0 aliphatic carbocycles. The predicted octanol–water partition coefficient (Wildman–Crippen LogP) is 3.57. The normalized spacial score (nSPS) is 10.8. The van der Waals surface area contributed by atoms with Crippen LogP contribution < -0.4 is 4.74 Å². The maximum atomic E-state index is 11.5. The summed E-state index contributed by atoms with van der Waals surface area (Å²) in [5, 5.41) is 2.00. The molecule has 0 spiro atoms. The van der Waals surface area contributed by atoms with E-state index in [4.69, 9.17) is 4.74 Å². The fourth-order valence-electron chi connectivity index (χ4n) is 1.94. The van der Waals surface area contributed by atoms with Crippen molar-refractivity contribution in [3.63, 3.8) is 0 Å². The number of hydrogen-bond donors (Lipinski definition) is 0. The standard InChI is InChI=1S/C15H14N2O2S/c1-2-14(18)11-3-5-13(6-4-11)19-10-12-9-17-7-8-20-15(17)16-12/h3-9H,2,10H2,1H3. The molecule has 0 aliphatic heterocycles. The SMILES string of the molecule is CCC(=O)c1ccc(OCc2cn3ccsc3n2)cc1. The van der Waals surface area contributed by atoms with Gasteiger partial charge in [0, 0.05) is 29.8 Å². The highest BCUT2D eigenvalue weighted by Gasteiger charge is 2.05. The van der Waals surface area contributed by atoms with Crippen molar-refractivity contribution in [2.45, 2.75) is 20.0 Å². The van der Waals surface area contributed by atoms with Gasteiger partial charge in [-0.15, -0.1) is 11.3 Å². The van der Waals surface area contributed by atoms with Crippen molar-refractivity contribution < 1.29 is 9.53 Å². The number of thiazole rings is 1. The van der Waals surface area contributed by atoms with Gasteiger partial charge in [0.15, 0.2) is 10.7 Å². The number of carbonyl (C=O) groups excluding carboxylic acids is 1. The number of ketones is 1. The molecule has 0 saturated carbocycles. The van der Waals surface area contributed by atoms with Crippen molar-refractivity contribution in [2.24, 2.45) is 0 Å². The maximum Gasteiger partial charge on any atom is 0.193 e. The number of Topliss-reactive ketones (excluding diaryl/α,β-unsaturated/α-hetero) is 1. The molecule has 3 rings (SSSR count). The number of benzene rings is 1. The third-order valence-electron chi connectivity index (χ3n) is 3.03. The van der Waals surface area contributed by atoms with Crippen LogP contribution >= 0.6 is 11.3 Å². The number of rotatable bonds is 5. The Labute approximate surface area is 120 Å². The summed E-state index contributed by atoms with van der Waals surface area (Å²) < 4.78 is 7.66. The van der Waals surface area contributed by atoms with Crippen LogP contribution in [0.15, 0.2) is 42.0 Å². The minimum Gasteiger partial charge on any atom is -0.487 e. The predicted molar refractivity (Wildman–Crippen MR) is 78.5 cm³/mol. The second-order valence-corrected chi connectivity index (χ2v) is 5.29. The van der Waals surface area contributed by atoms with Crippen LogP contribution in [0.4, 0.5) is 0 Å². The van der Waals surface area contributed by atoms with Gasteiger partial charge in [-0.1, -0.05) is 6.92 Å². The first-order chi connectivity index (χ1) is 9.76. The van der Waals surface area contributed by atoms with Gasteiger partial charge in [0.1, 0.15) is 12.4 Å². The molecule has 3 aromatic rings. The zero-order valence-corrected chi connectivity index (χ0v) is 11.9. The number of imidazole rings is 1. The molecule has 0 aliphatic rings. The topological polar surface area (TPSA) is 43.6 Å². The lowest BCUT2D eigenvalue weighted by Gasteiger charge is -2.04. The Morgan fingerprint density at radius 1 is 1.35 bits per heavy atom. The van der Waals surface area contributed by atoms with Gasteiger partial charge in [-0.3, -0.25) is 9.20 Å². The molecule has 2 aromatic heterocycles. The van der Waals surface area contributed by atoms with Crippen molar-refractivity contribution >= 4 is 22.1 Å². The first kappa shape index (κ1) is 12.9. The highest BCUT2D eigenvalue weighted by Crippen LogP contribution is 2.16. The second-order valence-electron chi connectivity index (χ2n) is 4.41. The van der Waals surface area contributed by atoms with Crippen molar-refractivity contribution in [3.8, 4) is 5.75 Å². The number of hydrogen-bond acceptors (Lipinski definition) is 4. The average Bonchev–Trinajstić information content (AvgIpc) is 3.06. The van der Waals surface area contributed by atoms with Crippen molar-refractivity contribution in [1.29, 1.82) is 0 Å². The van der Waals surface area contributed by atoms with Gasteiger partial charge in [-0.05, 0) is 24.3 Å². The van der Waals surface area contributed by atoms with Gasteiger partial charge < -0.3 is 4.74 Å². The molecular weight excluding hydrogens is 272 g/mol. The van der Waals surface area contributed by atoms with Crippen LogP contribution in [0.1, 0.15) is 29.4 Å². The summed E-state index contributed by atoms with van der Waals surface area (Å²) in [6, 6.07) is 7.24. The number of fused-ring (bicyclic) bond motifs is 1. The zero-order chi connectivity index (χ0) is 13.9. The molecule has 1 aromatic carbocycles. The summed E-state index contributed by atoms with van der Waals surface area (Å²) in [4.78, 5) is 16.9. The fraction of sp³-hybridized carbons (Fsp3) is 0.200. The summed E-state index contributed by atoms with van der Waals surface area (Å²) in [6.07, 6.45) is 4.45. The smallest absolute Gasteiger partial charge is 0.193 e. The third-order valence-corrected chi connectivity index (χ3v) is 3.80. The van der Waals surface area contributed by atoms with Crippen LogP contribution in [-0.2, 0) is 6.61 Å². The van der Waals surface area contributed by atoms with E-state index < -0.39 is 0 Å². The molecule has 0 N–H and O–H groups in total. The van der Waals surface area contributed by atoms with E-state index in [2.05, 4.69) is 4.98 Å². The molecule has 0 atom stereocenters. The van der Waals surface area contributed by atoms with E-state index in [0.29, 0.717) is 13.0 Å². The number of carbonyl (C=O) groups is 1. The van der Waals surface area contributed by atoms with Gasteiger partial charge in [-0.25, -0.2) is 4.98 Å². The Hall–Kier alpha value is -2.14. The lowest BCUT2D eigenvalue weighted by Crippen LogP contribution is -1.98. The molecule has 0 unspecified atom stereocenters. The first-order valence-corrected chi connectivity index (χ1v) is 7.31. The van der Waals surface area contributed by atoms with Crippen LogP contribution in [0.2, 0.25) is 0 Å². The Bertz CT molecular complexity index is 699. The van der Waals surface area contributed by atoms with E-state index in [-0.39, 0.29) is 5.78 Å². The molecule has 5 heteroatoms. The summed E-state index contributed by atoms with van der Waals surface area (Å²) in [5.41, 5.74) is 1.62. The Balaban J connectivity index is 1.66.